The molecule has 1 aliphatic heterocycles. The molecule has 0 atom stereocenters. The summed E-state index contributed by atoms with van der Waals surface area (Å²) >= 11 is 0. The lowest BCUT2D eigenvalue weighted by Crippen LogP contribution is -2.15. The predicted octanol–water partition coefficient (Wildman–Crippen LogP) is 0.836. The summed E-state index contributed by atoms with van der Waals surface area (Å²) in [5, 5.41) is 7.48. The van der Waals surface area contributed by atoms with Crippen molar-refractivity contribution in [3.63, 3.8) is 0 Å². The van der Waals surface area contributed by atoms with E-state index >= 15 is 0 Å². The van der Waals surface area contributed by atoms with Crippen LogP contribution >= 0.6 is 0 Å². The Hall–Kier alpha value is -1.36. The Morgan fingerprint density at radius 3 is 3.13 bits per heavy atom. The van der Waals surface area contributed by atoms with Crippen LogP contribution in [-0.2, 0) is 6.54 Å². The molecule has 0 fully saturated rings. The molecule has 0 aliphatic carbocycles. The van der Waals surface area contributed by atoms with Crippen molar-refractivity contribution in [2.45, 2.75) is 25.8 Å². The fourth-order valence-corrected chi connectivity index (χ4v) is 1.65. The van der Waals surface area contributed by atoms with Crippen molar-refractivity contribution in [1.82, 2.24) is 9.78 Å². The fraction of sp³-hybridized carbons (Fsp3) is 0.600. The number of aromatic nitrogens is 2. The van der Waals surface area contributed by atoms with Crippen molar-refractivity contribution in [3.8, 4) is 0 Å². The number of nitrogens with zero attached hydrogens (tertiary/aromatic N) is 3. The first-order valence-corrected chi connectivity index (χ1v) is 5.41. The van der Waals surface area contributed by atoms with Crippen LogP contribution in [0, 0.1) is 0 Å². The fourth-order valence-electron chi connectivity index (χ4n) is 1.65. The smallest absolute Gasteiger partial charge is 0.101 e. The lowest BCUT2D eigenvalue weighted by molar-refractivity contribution is 0.625. The number of hydrogen-bond donors (Lipinski definition) is 2. The third-order valence-corrected chi connectivity index (χ3v) is 2.40. The Bertz CT molecular complexity index is 341. The molecule has 1 aliphatic rings. The van der Waals surface area contributed by atoms with E-state index in [0.29, 0.717) is 6.54 Å². The minimum atomic E-state index is 0.613. The summed E-state index contributed by atoms with van der Waals surface area (Å²) in [5.74, 6) is 1.08. The summed E-state index contributed by atoms with van der Waals surface area (Å²) in [6.07, 6.45) is 7.25. The standard InChI is InChI=1S/C10H17N5/c11-4-6-15-8-9(7-13-15)14-10-3-1-2-5-12-10/h7-8H,1-6,11H2,(H,12,14). The van der Waals surface area contributed by atoms with E-state index in [0.717, 1.165) is 31.0 Å². The molecule has 0 saturated carbocycles. The van der Waals surface area contributed by atoms with Gasteiger partial charge in [-0.25, -0.2) is 0 Å². The van der Waals surface area contributed by atoms with Crippen molar-refractivity contribution in [2.75, 3.05) is 18.4 Å². The molecule has 0 bridgehead atoms. The van der Waals surface area contributed by atoms with E-state index in [4.69, 9.17) is 5.73 Å². The second-order valence-electron chi connectivity index (χ2n) is 3.69. The largest absolute Gasteiger partial charge is 0.342 e. The van der Waals surface area contributed by atoms with Gasteiger partial charge < -0.3 is 11.1 Å². The van der Waals surface area contributed by atoms with Gasteiger partial charge >= 0.3 is 0 Å². The van der Waals surface area contributed by atoms with E-state index in [2.05, 4.69) is 15.4 Å². The quantitative estimate of drug-likeness (QED) is 0.771. The van der Waals surface area contributed by atoms with Crippen molar-refractivity contribution in [2.24, 2.45) is 10.7 Å². The maximum absolute atomic E-state index is 5.45. The van der Waals surface area contributed by atoms with Crippen LogP contribution in [0.25, 0.3) is 0 Å². The second-order valence-corrected chi connectivity index (χ2v) is 3.69. The van der Waals surface area contributed by atoms with Gasteiger partial charge in [0.15, 0.2) is 0 Å². The first-order valence-electron chi connectivity index (χ1n) is 5.41. The van der Waals surface area contributed by atoms with Crippen LogP contribution in [0.15, 0.2) is 17.4 Å². The normalized spacial score (nSPS) is 16.2. The van der Waals surface area contributed by atoms with Gasteiger partial charge in [0, 0.05) is 25.7 Å². The summed E-state index contributed by atoms with van der Waals surface area (Å²) in [7, 11) is 0. The van der Waals surface area contributed by atoms with Gasteiger partial charge in [-0.2, -0.15) is 5.10 Å². The van der Waals surface area contributed by atoms with Gasteiger partial charge in [0.05, 0.1) is 18.4 Å². The molecule has 0 amide bonds. The third kappa shape index (κ3) is 2.79. The van der Waals surface area contributed by atoms with Gasteiger partial charge in [0.2, 0.25) is 0 Å². The zero-order valence-corrected chi connectivity index (χ0v) is 8.82. The van der Waals surface area contributed by atoms with Crippen molar-refractivity contribution < 1.29 is 0 Å². The van der Waals surface area contributed by atoms with Crippen LogP contribution < -0.4 is 11.1 Å². The van der Waals surface area contributed by atoms with Crippen LogP contribution in [0.2, 0.25) is 0 Å². The van der Waals surface area contributed by atoms with Gasteiger partial charge in [0.1, 0.15) is 5.84 Å². The molecule has 0 radical (unpaired) electrons. The van der Waals surface area contributed by atoms with Crippen LogP contribution in [-0.4, -0.2) is 28.7 Å². The lowest BCUT2D eigenvalue weighted by atomic mass is 10.2. The van der Waals surface area contributed by atoms with Gasteiger partial charge in [-0.15, -0.1) is 0 Å². The van der Waals surface area contributed by atoms with Crippen LogP contribution in [0.4, 0.5) is 5.69 Å². The highest BCUT2D eigenvalue weighted by Crippen LogP contribution is 2.10. The van der Waals surface area contributed by atoms with E-state index < -0.39 is 0 Å². The zero-order chi connectivity index (χ0) is 10.5. The van der Waals surface area contributed by atoms with Crippen molar-refractivity contribution >= 4 is 11.5 Å². The number of anilines is 1. The molecule has 0 spiro atoms. The maximum atomic E-state index is 5.45. The maximum Gasteiger partial charge on any atom is 0.101 e. The van der Waals surface area contributed by atoms with Crippen molar-refractivity contribution in [1.29, 1.82) is 0 Å². The molecular formula is C10H17N5. The predicted molar refractivity (Wildman–Crippen MR) is 61.1 cm³/mol. The van der Waals surface area contributed by atoms with Crippen LogP contribution in [0.5, 0.6) is 0 Å². The Labute approximate surface area is 89.4 Å². The second kappa shape index (κ2) is 4.93. The first kappa shape index (κ1) is 10.2. The Balaban J connectivity index is 1.94. The van der Waals surface area contributed by atoms with E-state index in [9.17, 15) is 0 Å². The summed E-state index contributed by atoms with van der Waals surface area (Å²) in [5.41, 5.74) is 6.45. The molecule has 5 heteroatoms. The molecule has 0 saturated heterocycles. The molecular weight excluding hydrogens is 190 g/mol. The number of nitrogens with two attached hydrogens (primary N) is 1. The molecule has 82 valence electrons. The number of nitrogens with one attached hydrogen (secondary N) is 1. The lowest BCUT2D eigenvalue weighted by Gasteiger charge is -2.12. The topological polar surface area (TPSA) is 68.2 Å². The SMILES string of the molecule is NCCn1cc(NC2=NCCCC2)cn1. The number of amidine groups is 1. The highest BCUT2D eigenvalue weighted by atomic mass is 15.3. The summed E-state index contributed by atoms with van der Waals surface area (Å²) in [6, 6.07) is 0. The Kier molecular flexibility index (Phi) is 3.34. The average molecular weight is 207 g/mol. The molecule has 5 nitrogen and oxygen atoms in total. The van der Waals surface area contributed by atoms with Crippen molar-refractivity contribution in [3.05, 3.63) is 12.4 Å². The molecule has 2 rings (SSSR count). The first-order chi connectivity index (χ1) is 7.38. The van der Waals surface area contributed by atoms with Gasteiger partial charge in [-0.1, -0.05) is 0 Å². The van der Waals surface area contributed by atoms with E-state index in [1.165, 1.54) is 12.8 Å². The molecule has 15 heavy (non-hydrogen) atoms. The van der Waals surface area contributed by atoms with E-state index in [1.54, 1.807) is 0 Å². The summed E-state index contributed by atoms with van der Waals surface area (Å²) < 4.78 is 1.84. The van der Waals surface area contributed by atoms with Crippen LogP contribution in [0.3, 0.4) is 0 Å². The molecule has 1 aromatic rings. The summed E-state index contributed by atoms with van der Waals surface area (Å²) in [4.78, 5) is 4.42. The van der Waals surface area contributed by atoms with E-state index in [-0.39, 0.29) is 0 Å². The zero-order valence-electron chi connectivity index (χ0n) is 8.82. The Morgan fingerprint density at radius 2 is 2.40 bits per heavy atom. The minimum Gasteiger partial charge on any atom is -0.342 e. The van der Waals surface area contributed by atoms with Gasteiger partial charge in [-0.3, -0.25) is 9.67 Å². The third-order valence-electron chi connectivity index (χ3n) is 2.40. The Morgan fingerprint density at radius 1 is 1.47 bits per heavy atom. The van der Waals surface area contributed by atoms with Gasteiger partial charge in [-0.05, 0) is 12.8 Å². The molecule has 1 aromatic heterocycles. The summed E-state index contributed by atoms with van der Waals surface area (Å²) in [6.45, 7) is 2.31. The highest BCUT2D eigenvalue weighted by Gasteiger charge is 2.06. The van der Waals surface area contributed by atoms with Crippen LogP contribution in [0.1, 0.15) is 19.3 Å². The molecule has 0 unspecified atom stereocenters. The minimum absolute atomic E-state index is 0.613. The number of hydrogen-bond acceptors (Lipinski definition) is 4. The highest BCUT2D eigenvalue weighted by molar-refractivity contribution is 5.95. The number of aliphatic imine (C=N–C) groups is 1. The molecule has 2 heterocycles. The van der Waals surface area contributed by atoms with Gasteiger partial charge in [0.25, 0.3) is 0 Å². The average Bonchev–Trinajstić information content (AvgIpc) is 2.68. The molecule has 0 aromatic carbocycles. The molecule has 3 N–H and O–H groups in total. The number of rotatable bonds is 3. The van der Waals surface area contributed by atoms with E-state index in [1.807, 2.05) is 17.1 Å². The monoisotopic (exact) mass is 207 g/mol.